The number of alkyl halides is 3. The van der Waals surface area contributed by atoms with Crippen molar-refractivity contribution < 1.29 is 27.9 Å². The average Bonchev–Trinajstić information content (AvgIpc) is 2.61. The normalized spacial score (nSPS) is 25.1. The Kier molecular flexibility index (Phi) is 4.00. The Morgan fingerprint density at radius 1 is 1.35 bits per heavy atom. The van der Waals surface area contributed by atoms with E-state index in [0.29, 0.717) is 6.42 Å². The molecule has 4 nitrogen and oxygen atoms in total. The second-order valence-electron chi connectivity index (χ2n) is 4.14. The summed E-state index contributed by atoms with van der Waals surface area (Å²) in [5, 5.41) is 8.74. The summed E-state index contributed by atoms with van der Waals surface area (Å²) in [5.74, 6) is -5.42. The number of hydrogen-bond donors (Lipinski definition) is 1. The summed E-state index contributed by atoms with van der Waals surface area (Å²) >= 11 is 0. The van der Waals surface area contributed by atoms with Crippen LogP contribution in [0.5, 0.6) is 0 Å². The number of hydrogen-bond acceptors (Lipinski definition) is 2. The zero-order chi connectivity index (χ0) is 13.2. The number of carboxylic acid groups (broad SMARTS) is 1. The second kappa shape index (κ2) is 4.93. The van der Waals surface area contributed by atoms with Gasteiger partial charge in [0.2, 0.25) is 5.91 Å². The largest absolute Gasteiger partial charge is 0.481 e. The number of aliphatic carboxylic acids is 1. The predicted octanol–water partition coefficient (Wildman–Crippen LogP) is 1.51. The molecule has 7 heteroatoms. The summed E-state index contributed by atoms with van der Waals surface area (Å²) in [6.07, 6.45) is -3.90. The number of halogens is 3. The molecule has 1 rings (SSSR count). The number of carbonyl (C=O) groups excluding carboxylic acids is 1. The molecule has 1 aliphatic rings. The molecule has 1 fully saturated rings. The number of carboxylic acids is 1. The lowest BCUT2D eigenvalue weighted by Crippen LogP contribution is -2.34. The monoisotopic (exact) mass is 253 g/mol. The number of nitrogens with zero attached hydrogens (tertiary/aromatic N) is 1. The molecular weight excluding hydrogens is 239 g/mol. The van der Waals surface area contributed by atoms with Crippen molar-refractivity contribution in [2.75, 3.05) is 13.1 Å². The first-order chi connectivity index (χ1) is 7.77. The van der Waals surface area contributed by atoms with Crippen LogP contribution in [0.2, 0.25) is 0 Å². The highest BCUT2D eigenvalue weighted by atomic mass is 19.4. The highest BCUT2D eigenvalue weighted by Crippen LogP contribution is 2.37. The van der Waals surface area contributed by atoms with E-state index in [2.05, 4.69) is 0 Å². The standard InChI is InChI=1S/C10H14F3NO3/c1-2-3-8(15)14-4-6(9(16)17)7(5-14)10(11,12)13/h6-7H,2-5H2,1H3,(H,16,17)/t6-,7-/m0/s1. The van der Waals surface area contributed by atoms with Crippen LogP contribution in [-0.2, 0) is 9.59 Å². The second-order valence-corrected chi connectivity index (χ2v) is 4.14. The third-order valence-electron chi connectivity index (χ3n) is 2.87. The fourth-order valence-corrected chi connectivity index (χ4v) is 1.96. The van der Waals surface area contributed by atoms with Gasteiger partial charge in [0.25, 0.3) is 0 Å². The molecule has 0 bridgehead atoms. The summed E-state index contributed by atoms with van der Waals surface area (Å²) in [4.78, 5) is 23.2. The Balaban J connectivity index is 2.79. The van der Waals surface area contributed by atoms with Gasteiger partial charge in [0, 0.05) is 19.5 Å². The van der Waals surface area contributed by atoms with Gasteiger partial charge in [0.15, 0.2) is 0 Å². The molecule has 0 aromatic carbocycles. The van der Waals surface area contributed by atoms with Gasteiger partial charge in [-0.25, -0.2) is 0 Å². The van der Waals surface area contributed by atoms with E-state index in [4.69, 9.17) is 5.11 Å². The van der Waals surface area contributed by atoms with Crippen molar-refractivity contribution in [3.63, 3.8) is 0 Å². The third kappa shape index (κ3) is 3.10. The molecule has 1 amide bonds. The van der Waals surface area contributed by atoms with Gasteiger partial charge in [-0.3, -0.25) is 9.59 Å². The molecule has 1 heterocycles. The molecule has 98 valence electrons. The van der Waals surface area contributed by atoms with Crippen molar-refractivity contribution in [2.24, 2.45) is 11.8 Å². The summed E-state index contributed by atoms with van der Waals surface area (Å²) in [7, 11) is 0. The van der Waals surface area contributed by atoms with Crippen LogP contribution in [0.15, 0.2) is 0 Å². The number of carbonyl (C=O) groups is 2. The van der Waals surface area contributed by atoms with Crippen molar-refractivity contribution in [3.8, 4) is 0 Å². The molecule has 0 aromatic rings. The lowest BCUT2D eigenvalue weighted by molar-refractivity contribution is -0.188. The minimum Gasteiger partial charge on any atom is -0.481 e. The van der Waals surface area contributed by atoms with Crippen LogP contribution in [-0.4, -0.2) is 41.1 Å². The molecule has 0 radical (unpaired) electrons. The molecule has 2 atom stereocenters. The molecule has 1 saturated heterocycles. The molecular formula is C10H14F3NO3. The minimum atomic E-state index is -4.58. The summed E-state index contributed by atoms with van der Waals surface area (Å²) in [6.45, 7) is 0.849. The fourth-order valence-electron chi connectivity index (χ4n) is 1.96. The van der Waals surface area contributed by atoms with E-state index < -0.39 is 36.4 Å². The zero-order valence-corrected chi connectivity index (χ0v) is 9.33. The summed E-state index contributed by atoms with van der Waals surface area (Å²) in [5.41, 5.74) is 0. The quantitative estimate of drug-likeness (QED) is 0.829. The van der Waals surface area contributed by atoms with E-state index in [1.807, 2.05) is 0 Å². The summed E-state index contributed by atoms with van der Waals surface area (Å²) in [6, 6.07) is 0. The van der Waals surface area contributed by atoms with Crippen LogP contribution in [0.1, 0.15) is 19.8 Å². The van der Waals surface area contributed by atoms with E-state index in [9.17, 15) is 22.8 Å². The number of rotatable bonds is 3. The maximum absolute atomic E-state index is 12.6. The fraction of sp³-hybridized carbons (Fsp3) is 0.800. The van der Waals surface area contributed by atoms with Gasteiger partial charge in [0.1, 0.15) is 0 Å². The molecule has 1 N–H and O–H groups in total. The minimum absolute atomic E-state index is 0.150. The first-order valence-electron chi connectivity index (χ1n) is 5.34. The van der Waals surface area contributed by atoms with Crippen molar-refractivity contribution in [3.05, 3.63) is 0 Å². The smallest absolute Gasteiger partial charge is 0.394 e. The third-order valence-corrected chi connectivity index (χ3v) is 2.87. The van der Waals surface area contributed by atoms with E-state index in [1.165, 1.54) is 0 Å². The van der Waals surface area contributed by atoms with Gasteiger partial charge >= 0.3 is 12.1 Å². The SMILES string of the molecule is CCCC(=O)N1C[C@H](C(=O)O)[C@@H](C(F)(F)F)C1. The Morgan fingerprint density at radius 2 is 1.94 bits per heavy atom. The Hall–Kier alpha value is -1.27. The van der Waals surface area contributed by atoms with Gasteiger partial charge in [-0.1, -0.05) is 6.92 Å². The van der Waals surface area contributed by atoms with Crippen molar-refractivity contribution in [2.45, 2.75) is 25.9 Å². The van der Waals surface area contributed by atoms with Gasteiger partial charge in [-0.05, 0) is 6.42 Å². The topological polar surface area (TPSA) is 57.6 Å². The van der Waals surface area contributed by atoms with Crippen LogP contribution in [0.3, 0.4) is 0 Å². The predicted molar refractivity (Wildman–Crippen MR) is 52.2 cm³/mol. The van der Waals surface area contributed by atoms with Crippen LogP contribution < -0.4 is 0 Å². The molecule has 1 aliphatic heterocycles. The number of likely N-dealkylation sites (tertiary alicyclic amines) is 1. The Labute approximate surface area is 96.4 Å². The molecule has 17 heavy (non-hydrogen) atoms. The highest BCUT2D eigenvalue weighted by molar-refractivity contribution is 5.79. The highest BCUT2D eigenvalue weighted by Gasteiger charge is 2.53. The molecule has 0 unspecified atom stereocenters. The Morgan fingerprint density at radius 3 is 2.29 bits per heavy atom. The zero-order valence-electron chi connectivity index (χ0n) is 9.33. The number of amides is 1. The lowest BCUT2D eigenvalue weighted by atomic mass is 9.96. The molecule has 0 saturated carbocycles. The first kappa shape index (κ1) is 13.8. The van der Waals surface area contributed by atoms with Crippen LogP contribution in [0.25, 0.3) is 0 Å². The first-order valence-corrected chi connectivity index (χ1v) is 5.34. The van der Waals surface area contributed by atoms with Crippen molar-refractivity contribution >= 4 is 11.9 Å². The van der Waals surface area contributed by atoms with Crippen molar-refractivity contribution in [1.82, 2.24) is 4.90 Å². The van der Waals surface area contributed by atoms with E-state index in [-0.39, 0.29) is 13.0 Å². The van der Waals surface area contributed by atoms with E-state index >= 15 is 0 Å². The van der Waals surface area contributed by atoms with Gasteiger partial charge in [-0.2, -0.15) is 13.2 Å². The maximum Gasteiger partial charge on any atom is 0.394 e. The van der Waals surface area contributed by atoms with Gasteiger partial charge in [0.05, 0.1) is 11.8 Å². The van der Waals surface area contributed by atoms with Crippen LogP contribution in [0.4, 0.5) is 13.2 Å². The van der Waals surface area contributed by atoms with Crippen molar-refractivity contribution in [1.29, 1.82) is 0 Å². The van der Waals surface area contributed by atoms with Gasteiger partial charge < -0.3 is 10.0 Å². The van der Waals surface area contributed by atoms with Gasteiger partial charge in [-0.15, -0.1) is 0 Å². The average molecular weight is 253 g/mol. The van der Waals surface area contributed by atoms with Crippen LogP contribution >= 0.6 is 0 Å². The Bertz CT molecular complexity index is 316. The summed E-state index contributed by atoms with van der Waals surface area (Å²) < 4.78 is 37.8. The molecule has 0 spiro atoms. The molecule has 0 aromatic heterocycles. The van der Waals surface area contributed by atoms with E-state index in [1.54, 1.807) is 6.92 Å². The van der Waals surface area contributed by atoms with Crippen LogP contribution in [0, 0.1) is 11.8 Å². The maximum atomic E-state index is 12.6. The van der Waals surface area contributed by atoms with E-state index in [0.717, 1.165) is 4.90 Å². The lowest BCUT2D eigenvalue weighted by Gasteiger charge is -2.18. The molecule has 0 aliphatic carbocycles.